The molecule has 0 spiro atoms. The molecule has 1 saturated heterocycles. The Hall–Kier alpha value is -1.09. The molecular weight excluding hydrogens is 162 g/mol. The SMILES string of the molecule is Cc1cnc(N2CC(N)C2)c(C)c1. The van der Waals surface area contributed by atoms with Gasteiger partial charge in [0.1, 0.15) is 5.82 Å². The predicted molar refractivity (Wildman–Crippen MR) is 53.9 cm³/mol. The van der Waals surface area contributed by atoms with Crippen molar-refractivity contribution in [2.75, 3.05) is 18.0 Å². The molecule has 1 aromatic heterocycles. The summed E-state index contributed by atoms with van der Waals surface area (Å²) < 4.78 is 0. The molecule has 1 aliphatic rings. The average Bonchev–Trinajstić information content (AvgIpc) is 2.00. The summed E-state index contributed by atoms with van der Waals surface area (Å²) in [7, 11) is 0. The molecule has 1 aromatic rings. The second kappa shape index (κ2) is 3.00. The number of rotatable bonds is 1. The van der Waals surface area contributed by atoms with Crippen LogP contribution in [0, 0.1) is 13.8 Å². The topological polar surface area (TPSA) is 42.2 Å². The molecule has 2 rings (SSSR count). The quantitative estimate of drug-likeness (QED) is 0.691. The van der Waals surface area contributed by atoms with Crippen LogP contribution in [0.1, 0.15) is 11.1 Å². The van der Waals surface area contributed by atoms with Crippen LogP contribution in [-0.2, 0) is 0 Å². The van der Waals surface area contributed by atoms with Crippen LogP contribution in [0.25, 0.3) is 0 Å². The van der Waals surface area contributed by atoms with E-state index in [1.165, 1.54) is 11.1 Å². The Balaban J connectivity index is 2.21. The average molecular weight is 177 g/mol. The molecule has 0 radical (unpaired) electrons. The van der Waals surface area contributed by atoms with E-state index < -0.39 is 0 Å². The Labute approximate surface area is 78.6 Å². The summed E-state index contributed by atoms with van der Waals surface area (Å²) in [6.07, 6.45) is 1.91. The number of anilines is 1. The van der Waals surface area contributed by atoms with E-state index >= 15 is 0 Å². The Morgan fingerprint density at radius 1 is 1.46 bits per heavy atom. The molecule has 1 fully saturated rings. The molecule has 2 N–H and O–H groups in total. The summed E-state index contributed by atoms with van der Waals surface area (Å²) in [5, 5.41) is 0. The summed E-state index contributed by atoms with van der Waals surface area (Å²) >= 11 is 0. The van der Waals surface area contributed by atoms with Crippen molar-refractivity contribution in [2.45, 2.75) is 19.9 Å². The molecule has 0 amide bonds. The van der Waals surface area contributed by atoms with Gasteiger partial charge >= 0.3 is 0 Å². The van der Waals surface area contributed by atoms with Crippen molar-refractivity contribution in [2.24, 2.45) is 5.73 Å². The van der Waals surface area contributed by atoms with Crippen molar-refractivity contribution in [3.63, 3.8) is 0 Å². The number of nitrogens with zero attached hydrogens (tertiary/aromatic N) is 2. The van der Waals surface area contributed by atoms with Crippen molar-refractivity contribution in [1.29, 1.82) is 0 Å². The van der Waals surface area contributed by atoms with Crippen LogP contribution in [0.3, 0.4) is 0 Å². The second-order valence-corrected chi connectivity index (χ2v) is 3.82. The van der Waals surface area contributed by atoms with Gasteiger partial charge in [-0.3, -0.25) is 0 Å². The molecule has 0 unspecified atom stereocenters. The van der Waals surface area contributed by atoms with Gasteiger partial charge in [0.25, 0.3) is 0 Å². The number of hydrogen-bond donors (Lipinski definition) is 1. The van der Waals surface area contributed by atoms with E-state index in [-0.39, 0.29) is 0 Å². The number of aromatic nitrogens is 1. The molecular formula is C10H15N3. The molecule has 0 aromatic carbocycles. The van der Waals surface area contributed by atoms with E-state index in [2.05, 4.69) is 29.8 Å². The zero-order valence-corrected chi connectivity index (χ0v) is 8.12. The fraction of sp³-hybridized carbons (Fsp3) is 0.500. The molecule has 3 heteroatoms. The highest BCUT2D eigenvalue weighted by atomic mass is 15.3. The van der Waals surface area contributed by atoms with E-state index in [0.717, 1.165) is 18.9 Å². The summed E-state index contributed by atoms with van der Waals surface area (Å²) in [5.41, 5.74) is 8.17. The zero-order valence-electron chi connectivity index (χ0n) is 8.12. The molecule has 2 heterocycles. The van der Waals surface area contributed by atoms with Crippen LogP contribution in [0.15, 0.2) is 12.3 Å². The van der Waals surface area contributed by atoms with Gasteiger partial charge in [-0.25, -0.2) is 4.98 Å². The van der Waals surface area contributed by atoms with Crippen molar-refractivity contribution >= 4 is 5.82 Å². The zero-order chi connectivity index (χ0) is 9.42. The van der Waals surface area contributed by atoms with Crippen molar-refractivity contribution in [3.8, 4) is 0 Å². The van der Waals surface area contributed by atoms with Crippen molar-refractivity contribution in [1.82, 2.24) is 4.98 Å². The first-order valence-corrected chi connectivity index (χ1v) is 4.60. The summed E-state index contributed by atoms with van der Waals surface area (Å²) in [4.78, 5) is 6.63. The fourth-order valence-corrected chi connectivity index (χ4v) is 1.72. The lowest BCUT2D eigenvalue weighted by molar-refractivity contribution is 0.513. The van der Waals surface area contributed by atoms with Crippen LogP contribution < -0.4 is 10.6 Å². The Kier molecular flexibility index (Phi) is 1.96. The van der Waals surface area contributed by atoms with Crippen molar-refractivity contribution < 1.29 is 0 Å². The lowest BCUT2D eigenvalue weighted by Crippen LogP contribution is -2.56. The smallest absolute Gasteiger partial charge is 0.131 e. The summed E-state index contributed by atoms with van der Waals surface area (Å²) in [5.74, 6) is 1.09. The lowest BCUT2D eigenvalue weighted by Gasteiger charge is -2.38. The maximum atomic E-state index is 5.72. The van der Waals surface area contributed by atoms with Gasteiger partial charge in [0.2, 0.25) is 0 Å². The fourth-order valence-electron chi connectivity index (χ4n) is 1.72. The molecule has 0 bridgehead atoms. The third-order valence-corrected chi connectivity index (χ3v) is 2.40. The van der Waals surface area contributed by atoms with Gasteiger partial charge in [-0.15, -0.1) is 0 Å². The normalized spacial score (nSPS) is 17.3. The number of pyridine rings is 1. The largest absolute Gasteiger partial charge is 0.353 e. The van der Waals surface area contributed by atoms with E-state index in [1.807, 2.05) is 6.20 Å². The maximum Gasteiger partial charge on any atom is 0.131 e. The molecule has 3 nitrogen and oxygen atoms in total. The summed E-state index contributed by atoms with van der Waals surface area (Å²) in [6, 6.07) is 2.49. The maximum absolute atomic E-state index is 5.72. The minimum atomic E-state index is 0.336. The highest BCUT2D eigenvalue weighted by Gasteiger charge is 2.24. The van der Waals surface area contributed by atoms with Gasteiger partial charge in [0.15, 0.2) is 0 Å². The molecule has 13 heavy (non-hydrogen) atoms. The standard InChI is InChI=1S/C10H15N3/c1-7-3-8(2)10(12-4-7)13-5-9(11)6-13/h3-4,9H,5-6,11H2,1-2H3. The first-order valence-electron chi connectivity index (χ1n) is 4.60. The first-order chi connectivity index (χ1) is 6.16. The van der Waals surface area contributed by atoms with Crippen LogP contribution in [-0.4, -0.2) is 24.1 Å². The third kappa shape index (κ3) is 1.52. The van der Waals surface area contributed by atoms with E-state index in [9.17, 15) is 0 Å². The molecule has 70 valence electrons. The van der Waals surface area contributed by atoms with Gasteiger partial charge in [-0.2, -0.15) is 0 Å². The summed E-state index contributed by atoms with van der Waals surface area (Å²) in [6.45, 7) is 6.04. The highest BCUT2D eigenvalue weighted by Crippen LogP contribution is 2.21. The van der Waals surface area contributed by atoms with Gasteiger partial charge in [0, 0.05) is 25.3 Å². The first kappa shape index (κ1) is 8.51. The van der Waals surface area contributed by atoms with Gasteiger partial charge in [-0.05, 0) is 25.0 Å². The van der Waals surface area contributed by atoms with Crippen LogP contribution >= 0.6 is 0 Å². The van der Waals surface area contributed by atoms with E-state index in [0.29, 0.717) is 6.04 Å². The minimum Gasteiger partial charge on any atom is -0.353 e. The monoisotopic (exact) mass is 177 g/mol. The van der Waals surface area contributed by atoms with E-state index in [1.54, 1.807) is 0 Å². The van der Waals surface area contributed by atoms with E-state index in [4.69, 9.17) is 5.73 Å². The van der Waals surface area contributed by atoms with Crippen molar-refractivity contribution in [3.05, 3.63) is 23.4 Å². The highest BCUT2D eigenvalue weighted by molar-refractivity contribution is 5.49. The van der Waals surface area contributed by atoms with Crippen LogP contribution in [0.4, 0.5) is 5.82 Å². The predicted octanol–water partition coefficient (Wildman–Crippen LogP) is 0.846. The molecule has 0 saturated carbocycles. The molecule has 0 aliphatic carbocycles. The number of hydrogen-bond acceptors (Lipinski definition) is 3. The third-order valence-electron chi connectivity index (χ3n) is 2.40. The number of nitrogens with two attached hydrogens (primary N) is 1. The number of aryl methyl sites for hydroxylation is 2. The Morgan fingerprint density at radius 3 is 2.69 bits per heavy atom. The Morgan fingerprint density at radius 2 is 2.15 bits per heavy atom. The molecule has 1 aliphatic heterocycles. The lowest BCUT2D eigenvalue weighted by atomic mass is 10.1. The van der Waals surface area contributed by atoms with Gasteiger partial charge < -0.3 is 10.6 Å². The second-order valence-electron chi connectivity index (χ2n) is 3.82. The van der Waals surface area contributed by atoms with Crippen LogP contribution in [0.2, 0.25) is 0 Å². The molecule has 0 atom stereocenters. The van der Waals surface area contributed by atoms with Gasteiger partial charge in [0.05, 0.1) is 0 Å². The van der Waals surface area contributed by atoms with Gasteiger partial charge in [-0.1, -0.05) is 6.07 Å². The minimum absolute atomic E-state index is 0.336. The Bertz CT molecular complexity index is 316. The van der Waals surface area contributed by atoms with Crippen LogP contribution in [0.5, 0.6) is 0 Å².